The maximum absolute atomic E-state index is 10.7. The molecule has 7 nitrogen and oxygen atoms in total. The van der Waals surface area contributed by atoms with Gasteiger partial charge in [0.1, 0.15) is 17.0 Å². The summed E-state index contributed by atoms with van der Waals surface area (Å²) >= 11 is 1.05. The number of rotatable bonds is 4. The van der Waals surface area contributed by atoms with Crippen LogP contribution in [0.2, 0.25) is 0 Å². The zero-order valence-electron chi connectivity index (χ0n) is 9.16. The fraction of sp³-hybridized carbons (Fsp3) is 0.333. The fourth-order valence-electron chi connectivity index (χ4n) is 1.52. The Morgan fingerprint density at radius 1 is 1.59 bits per heavy atom. The van der Waals surface area contributed by atoms with Crippen LogP contribution in [0.3, 0.4) is 0 Å². The zero-order valence-corrected chi connectivity index (χ0v) is 9.98. The number of thiophene rings is 1. The van der Waals surface area contributed by atoms with Gasteiger partial charge in [-0.25, -0.2) is 9.97 Å². The molecule has 0 aliphatic heterocycles. The molecule has 2 aromatic rings. The van der Waals surface area contributed by atoms with Crippen LogP contribution in [0.5, 0.6) is 0 Å². The highest BCUT2D eigenvalue weighted by atomic mass is 32.1. The average Bonchev–Trinajstić information content (AvgIpc) is 2.72. The molecule has 0 spiro atoms. The second-order valence-corrected chi connectivity index (χ2v) is 4.48. The van der Waals surface area contributed by atoms with E-state index < -0.39 is 4.92 Å². The molecule has 0 saturated carbocycles. The molecule has 2 N–H and O–H groups in total. The number of nitrogens with two attached hydrogens (primary N) is 1. The quantitative estimate of drug-likeness (QED) is 0.644. The van der Waals surface area contributed by atoms with E-state index in [1.807, 2.05) is 11.9 Å². The van der Waals surface area contributed by atoms with Gasteiger partial charge in [-0.1, -0.05) is 0 Å². The maximum atomic E-state index is 10.7. The van der Waals surface area contributed by atoms with E-state index in [0.29, 0.717) is 29.1 Å². The number of fused-ring (bicyclic) bond motifs is 1. The Morgan fingerprint density at radius 3 is 3.00 bits per heavy atom. The van der Waals surface area contributed by atoms with Crippen molar-refractivity contribution < 1.29 is 4.92 Å². The average molecular weight is 253 g/mol. The second kappa shape index (κ2) is 4.60. The highest BCUT2D eigenvalue weighted by molar-refractivity contribution is 7.21. The van der Waals surface area contributed by atoms with Gasteiger partial charge in [-0.05, 0) is 11.3 Å². The molecule has 8 heteroatoms. The standard InChI is InChI=1S/C9H11N5O2S/c1-13(3-2-10)8-6-4-7(14(15)16)17-9(6)12-5-11-8/h4-5H,2-3,10H2,1H3. The summed E-state index contributed by atoms with van der Waals surface area (Å²) in [7, 11) is 1.85. The molecule has 0 aromatic carbocycles. The van der Waals surface area contributed by atoms with Gasteiger partial charge < -0.3 is 10.6 Å². The van der Waals surface area contributed by atoms with E-state index in [-0.39, 0.29) is 5.00 Å². The molecule has 0 atom stereocenters. The molecule has 0 aliphatic rings. The predicted octanol–water partition coefficient (Wildman–Crippen LogP) is 0.994. The van der Waals surface area contributed by atoms with Crippen molar-refractivity contribution in [1.29, 1.82) is 0 Å². The number of anilines is 1. The van der Waals surface area contributed by atoms with Crippen molar-refractivity contribution in [3.63, 3.8) is 0 Å². The van der Waals surface area contributed by atoms with Crippen LogP contribution < -0.4 is 10.6 Å². The summed E-state index contributed by atoms with van der Waals surface area (Å²) in [6.45, 7) is 1.13. The molecule has 90 valence electrons. The van der Waals surface area contributed by atoms with Crippen molar-refractivity contribution in [3.05, 3.63) is 22.5 Å². The lowest BCUT2D eigenvalue weighted by Crippen LogP contribution is -2.25. The second-order valence-electron chi connectivity index (χ2n) is 3.47. The number of likely N-dealkylation sites (N-methyl/N-ethyl adjacent to an activating group) is 1. The largest absolute Gasteiger partial charge is 0.358 e. The molecule has 0 aliphatic carbocycles. The number of nitro groups is 1. The minimum Gasteiger partial charge on any atom is -0.358 e. The maximum Gasteiger partial charge on any atom is 0.326 e. The van der Waals surface area contributed by atoms with Gasteiger partial charge in [0.05, 0.1) is 10.3 Å². The Bertz CT molecular complexity index is 555. The Hall–Kier alpha value is -1.80. The molecule has 17 heavy (non-hydrogen) atoms. The van der Waals surface area contributed by atoms with Crippen molar-refractivity contribution in [2.24, 2.45) is 5.73 Å². The summed E-state index contributed by atoms with van der Waals surface area (Å²) in [5.41, 5.74) is 5.47. The van der Waals surface area contributed by atoms with Gasteiger partial charge >= 0.3 is 5.00 Å². The predicted molar refractivity (Wildman–Crippen MR) is 66.4 cm³/mol. The van der Waals surface area contributed by atoms with Crippen LogP contribution in [0, 0.1) is 10.1 Å². The summed E-state index contributed by atoms with van der Waals surface area (Å²) in [6.07, 6.45) is 1.41. The van der Waals surface area contributed by atoms with Crippen LogP contribution in [-0.4, -0.2) is 35.0 Å². The third-order valence-corrected chi connectivity index (χ3v) is 3.30. The third kappa shape index (κ3) is 2.17. The molecule has 2 heterocycles. The molecule has 0 radical (unpaired) electrons. The SMILES string of the molecule is CN(CCN)c1ncnc2sc([N+](=O)[O-])cc12. The van der Waals surface area contributed by atoms with Crippen LogP contribution >= 0.6 is 11.3 Å². The van der Waals surface area contributed by atoms with E-state index >= 15 is 0 Å². The van der Waals surface area contributed by atoms with Gasteiger partial charge in [0.2, 0.25) is 0 Å². The fourth-order valence-corrected chi connectivity index (χ4v) is 2.33. The lowest BCUT2D eigenvalue weighted by atomic mass is 10.3. The van der Waals surface area contributed by atoms with Gasteiger partial charge in [-0.2, -0.15) is 0 Å². The monoisotopic (exact) mass is 253 g/mol. The lowest BCUT2D eigenvalue weighted by molar-refractivity contribution is -0.380. The van der Waals surface area contributed by atoms with Crippen molar-refractivity contribution in [2.75, 3.05) is 25.0 Å². The lowest BCUT2D eigenvalue weighted by Gasteiger charge is -2.16. The Labute approximate surface area is 101 Å². The first-order valence-electron chi connectivity index (χ1n) is 4.93. The van der Waals surface area contributed by atoms with Crippen molar-refractivity contribution >= 4 is 32.4 Å². The van der Waals surface area contributed by atoms with Gasteiger partial charge in [0.25, 0.3) is 0 Å². The number of aromatic nitrogens is 2. The van der Waals surface area contributed by atoms with Gasteiger partial charge in [0.15, 0.2) is 0 Å². The minimum atomic E-state index is -0.418. The highest BCUT2D eigenvalue weighted by Gasteiger charge is 2.17. The molecule has 0 bridgehead atoms. The van der Waals surface area contributed by atoms with Crippen molar-refractivity contribution in [1.82, 2.24) is 9.97 Å². The molecular formula is C9H11N5O2S. The van der Waals surface area contributed by atoms with E-state index in [4.69, 9.17) is 5.73 Å². The van der Waals surface area contributed by atoms with Crippen LogP contribution in [-0.2, 0) is 0 Å². The Balaban J connectivity index is 2.52. The van der Waals surface area contributed by atoms with Crippen LogP contribution in [0.15, 0.2) is 12.4 Å². The molecule has 0 unspecified atom stereocenters. The van der Waals surface area contributed by atoms with E-state index in [1.165, 1.54) is 12.4 Å². The van der Waals surface area contributed by atoms with E-state index in [2.05, 4.69) is 9.97 Å². The molecule has 0 amide bonds. The first-order chi connectivity index (χ1) is 8.13. The van der Waals surface area contributed by atoms with Gasteiger partial charge in [-0.15, -0.1) is 0 Å². The summed E-state index contributed by atoms with van der Waals surface area (Å²) in [4.78, 5) is 20.9. The normalized spacial score (nSPS) is 10.7. The van der Waals surface area contributed by atoms with Crippen LogP contribution in [0.25, 0.3) is 10.2 Å². The van der Waals surface area contributed by atoms with Crippen molar-refractivity contribution in [2.45, 2.75) is 0 Å². The minimum absolute atomic E-state index is 0.0721. The summed E-state index contributed by atoms with van der Waals surface area (Å²) in [6, 6.07) is 1.50. The Morgan fingerprint density at radius 2 is 2.35 bits per heavy atom. The van der Waals surface area contributed by atoms with Crippen molar-refractivity contribution in [3.8, 4) is 0 Å². The van der Waals surface area contributed by atoms with Crippen LogP contribution in [0.4, 0.5) is 10.8 Å². The topological polar surface area (TPSA) is 98.2 Å². The summed E-state index contributed by atoms with van der Waals surface area (Å²) in [5, 5.41) is 11.5. The van der Waals surface area contributed by atoms with E-state index in [9.17, 15) is 10.1 Å². The number of nitrogens with zero attached hydrogens (tertiary/aromatic N) is 4. The van der Waals surface area contributed by atoms with Gasteiger partial charge in [0, 0.05) is 26.2 Å². The third-order valence-electron chi connectivity index (χ3n) is 2.30. The van der Waals surface area contributed by atoms with Crippen LogP contribution in [0.1, 0.15) is 0 Å². The van der Waals surface area contributed by atoms with Gasteiger partial charge in [-0.3, -0.25) is 10.1 Å². The molecule has 0 fully saturated rings. The number of hydrogen-bond donors (Lipinski definition) is 1. The summed E-state index contributed by atoms with van der Waals surface area (Å²) in [5.74, 6) is 0.671. The van der Waals surface area contributed by atoms with E-state index in [0.717, 1.165) is 11.3 Å². The molecule has 2 aromatic heterocycles. The van der Waals surface area contributed by atoms with E-state index in [1.54, 1.807) is 0 Å². The molecule has 2 rings (SSSR count). The molecular weight excluding hydrogens is 242 g/mol. The zero-order chi connectivity index (χ0) is 12.4. The first-order valence-corrected chi connectivity index (χ1v) is 5.75. The first kappa shape index (κ1) is 11.7. The highest BCUT2D eigenvalue weighted by Crippen LogP contribution is 2.33. The summed E-state index contributed by atoms with van der Waals surface area (Å²) < 4.78 is 0. The number of hydrogen-bond acceptors (Lipinski definition) is 7. The smallest absolute Gasteiger partial charge is 0.326 e. The Kier molecular flexibility index (Phi) is 3.16. The molecule has 0 saturated heterocycles.